The van der Waals surface area contributed by atoms with Crippen molar-refractivity contribution in [1.29, 1.82) is 0 Å². The number of carbonyl (C=O) groups is 5. The Labute approximate surface area is 289 Å². The lowest BCUT2D eigenvalue weighted by atomic mass is 10.0. The lowest BCUT2D eigenvalue weighted by molar-refractivity contribution is -0.142. The Morgan fingerprint density at radius 1 is 0.673 bits per heavy atom. The van der Waals surface area contributed by atoms with Gasteiger partial charge in [0.25, 0.3) is 0 Å². The van der Waals surface area contributed by atoms with Crippen molar-refractivity contribution < 1.29 is 34.2 Å². The van der Waals surface area contributed by atoms with Gasteiger partial charge in [0.15, 0.2) is 0 Å². The van der Waals surface area contributed by atoms with E-state index in [4.69, 9.17) is 11.5 Å². The molecule has 0 fully saturated rings. The number of nitrogens with two attached hydrogens (primary N) is 2. The van der Waals surface area contributed by atoms with Gasteiger partial charge in [-0.05, 0) is 67.8 Å². The van der Waals surface area contributed by atoms with E-state index < -0.39 is 59.8 Å². The first-order valence-electron chi connectivity index (χ1n) is 17.1. The summed E-state index contributed by atoms with van der Waals surface area (Å²) >= 11 is 0. The maximum Gasteiger partial charge on any atom is 0.326 e. The number of benzene rings is 2. The Kier molecular flexibility index (Phi) is 17.8. The van der Waals surface area contributed by atoms with Gasteiger partial charge in [0.05, 0.1) is 6.04 Å². The van der Waals surface area contributed by atoms with Crippen molar-refractivity contribution in [1.82, 2.24) is 21.3 Å². The second-order valence-electron chi connectivity index (χ2n) is 12.8. The molecule has 0 bridgehead atoms. The molecular formula is C36H54N6O7. The molecule has 49 heavy (non-hydrogen) atoms. The number of aromatic hydroxyl groups is 1. The van der Waals surface area contributed by atoms with E-state index in [1.807, 2.05) is 51.1 Å². The third kappa shape index (κ3) is 15.1. The van der Waals surface area contributed by atoms with Crippen molar-refractivity contribution in [3.63, 3.8) is 0 Å². The lowest BCUT2D eigenvalue weighted by Gasteiger charge is -2.27. The normalized spacial score (nSPS) is 14.2. The molecule has 10 N–H and O–H groups in total. The first-order chi connectivity index (χ1) is 23.3. The monoisotopic (exact) mass is 682 g/mol. The highest BCUT2D eigenvalue weighted by Gasteiger charge is 2.32. The largest absolute Gasteiger partial charge is 0.508 e. The van der Waals surface area contributed by atoms with Crippen LogP contribution < -0.4 is 32.7 Å². The summed E-state index contributed by atoms with van der Waals surface area (Å²) in [6, 6.07) is 9.87. The molecule has 13 heteroatoms. The third-order valence-corrected chi connectivity index (χ3v) is 8.03. The molecule has 0 saturated carbocycles. The molecule has 13 nitrogen and oxygen atoms in total. The van der Waals surface area contributed by atoms with Gasteiger partial charge in [0, 0.05) is 12.8 Å². The van der Waals surface area contributed by atoms with Crippen LogP contribution >= 0.6 is 0 Å². The Morgan fingerprint density at radius 2 is 1.16 bits per heavy atom. The first kappa shape index (κ1) is 40.7. The predicted molar refractivity (Wildman–Crippen MR) is 187 cm³/mol. The summed E-state index contributed by atoms with van der Waals surface area (Å²) in [5.74, 6) is -3.46. The number of phenolic OH excluding ortho intramolecular Hbond substituents is 1. The summed E-state index contributed by atoms with van der Waals surface area (Å²) in [7, 11) is 0. The topological polar surface area (TPSA) is 226 Å². The molecule has 0 aromatic heterocycles. The molecule has 0 radical (unpaired) electrons. The van der Waals surface area contributed by atoms with E-state index in [9.17, 15) is 34.2 Å². The summed E-state index contributed by atoms with van der Waals surface area (Å²) in [6.07, 6.45) is 3.33. The highest BCUT2D eigenvalue weighted by Crippen LogP contribution is 2.13. The van der Waals surface area contributed by atoms with Crippen molar-refractivity contribution in [3.05, 3.63) is 65.7 Å². The van der Waals surface area contributed by atoms with Gasteiger partial charge in [0.1, 0.15) is 29.9 Å². The summed E-state index contributed by atoms with van der Waals surface area (Å²) in [5, 5.41) is 30.3. The Balaban J connectivity index is 2.33. The number of aliphatic carboxylic acids is 1. The summed E-state index contributed by atoms with van der Waals surface area (Å²) in [6.45, 7) is 6.20. The highest BCUT2D eigenvalue weighted by atomic mass is 16.4. The van der Waals surface area contributed by atoms with Gasteiger partial charge in [-0.2, -0.15) is 0 Å². The van der Waals surface area contributed by atoms with Gasteiger partial charge in [-0.1, -0.05) is 76.1 Å². The number of carboxylic acid groups (broad SMARTS) is 1. The first-order valence-corrected chi connectivity index (χ1v) is 17.1. The van der Waals surface area contributed by atoms with Crippen LogP contribution in [0.25, 0.3) is 0 Å². The van der Waals surface area contributed by atoms with Crippen molar-refractivity contribution in [2.75, 3.05) is 6.54 Å². The minimum absolute atomic E-state index is 0.0120. The van der Waals surface area contributed by atoms with Crippen LogP contribution in [0.2, 0.25) is 0 Å². The number of hydrogen-bond donors (Lipinski definition) is 8. The fourth-order valence-corrected chi connectivity index (χ4v) is 5.27. The minimum Gasteiger partial charge on any atom is -0.508 e. The smallest absolute Gasteiger partial charge is 0.326 e. The number of unbranched alkanes of at least 4 members (excludes halogenated alkanes) is 2. The molecule has 5 atom stereocenters. The summed E-state index contributed by atoms with van der Waals surface area (Å²) in [4.78, 5) is 66.1. The molecule has 0 aliphatic heterocycles. The van der Waals surface area contributed by atoms with Crippen molar-refractivity contribution in [2.24, 2.45) is 17.4 Å². The predicted octanol–water partition coefficient (Wildman–Crippen LogP) is 1.89. The van der Waals surface area contributed by atoms with E-state index in [2.05, 4.69) is 21.3 Å². The van der Waals surface area contributed by atoms with E-state index in [-0.39, 0.29) is 37.4 Å². The average molecular weight is 683 g/mol. The molecule has 4 amide bonds. The average Bonchev–Trinajstić information content (AvgIpc) is 3.06. The molecule has 0 spiro atoms. The number of carboxylic acids is 1. The zero-order valence-electron chi connectivity index (χ0n) is 28.8. The van der Waals surface area contributed by atoms with E-state index in [0.29, 0.717) is 44.2 Å². The van der Waals surface area contributed by atoms with Crippen molar-refractivity contribution in [2.45, 2.75) is 109 Å². The van der Waals surface area contributed by atoms with Crippen LogP contribution in [-0.4, -0.2) is 76.6 Å². The highest BCUT2D eigenvalue weighted by molar-refractivity contribution is 5.95. The van der Waals surface area contributed by atoms with Gasteiger partial charge in [0.2, 0.25) is 23.6 Å². The Morgan fingerprint density at radius 3 is 1.69 bits per heavy atom. The van der Waals surface area contributed by atoms with Crippen LogP contribution in [0.4, 0.5) is 0 Å². The molecule has 2 rings (SSSR count). The molecular weight excluding hydrogens is 628 g/mol. The quantitative estimate of drug-likeness (QED) is 0.0848. The van der Waals surface area contributed by atoms with Crippen LogP contribution in [0.15, 0.2) is 54.6 Å². The molecule has 0 heterocycles. The number of hydrogen-bond acceptors (Lipinski definition) is 8. The van der Waals surface area contributed by atoms with Crippen LogP contribution in [0.1, 0.15) is 76.8 Å². The van der Waals surface area contributed by atoms with Gasteiger partial charge in [-0.25, -0.2) is 4.79 Å². The molecule has 0 aliphatic carbocycles. The zero-order chi connectivity index (χ0) is 36.3. The van der Waals surface area contributed by atoms with Crippen LogP contribution in [-0.2, 0) is 36.8 Å². The molecule has 0 saturated heterocycles. The number of nitrogens with one attached hydrogen (secondary N) is 4. The van der Waals surface area contributed by atoms with Crippen molar-refractivity contribution in [3.8, 4) is 5.75 Å². The number of rotatable bonds is 22. The molecule has 2 aromatic rings. The van der Waals surface area contributed by atoms with E-state index >= 15 is 0 Å². The van der Waals surface area contributed by atoms with Crippen LogP contribution in [0.5, 0.6) is 5.75 Å². The fraction of sp³-hybridized carbons (Fsp3) is 0.528. The second kappa shape index (κ2) is 21.5. The standard InChI is InChI=1S/C36H54N6O7/c1-4-5-13-28(39-34(46)30(21-24-11-7-6-8-12-24)41-32(44)27(38)20-23(2)3)33(45)42-31(22-25-15-17-26(43)18-16-25)35(47)40-29(36(48)49)14-9-10-19-37/h6-8,11-12,15-18,23,27-31,43H,4-5,9-10,13-14,19-22,37-38H2,1-3H3,(H,39,46)(H,40,47)(H,41,44)(H,42,45)(H,48,49)/t27-,28-,29-,30-,31-/m0/s1. The van der Waals surface area contributed by atoms with E-state index in [1.165, 1.54) is 12.1 Å². The SMILES string of the molecule is CCCC[C@H](NC(=O)[C@H](Cc1ccccc1)NC(=O)[C@@H](N)CC(C)C)C(=O)N[C@@H](Cc1ccc(O)cc1)C(=O)N[C@@H](CCCCN)C(=O)O. The third-order valence-electron chi connectivity index (χ3n) is 8.03. The zero-order valence-corrected chi connectivity index (χ0v) is 28.8. The number of amides is 4. The van der Waals surface area contributed by atoms with E-state index in [0.717, 1.165) is 5.56 Å². The molecule has 270 valence electrons. The lowest BCUT2D eigenvalue weighted by Crippen LogP contribution is -2.59. The number of carbonyl (C=O) groups excluding carboxylic acids is 4. The summed E-state index contributed by atoms with van der Waals surface area (Å²) in [5.41, 5.74) is 13.1. The van der Waals surface area contributed by atoms with Gasteiger partial charge in [-0.15, -0.1) is 0 Å². The molecule has 2 aromatic carbocycles. The summed E-state index contributed by atoms with van der Waals surface area (Å²) < 4.78 is 0. The van der Waals surface area contributed by atoms with Crippen LogP contribution in [0, 0.1) is 5.92 Å². The second-order valence-corrected chi connectivity index (χ2v) is 12.8. The Hall–Kier alpha value is -4.49. The Bertz CT molecular complexity index is 1340. The van der Waals surface area contributed by atoms with Gasteiger partial charge in [-0.3, -0.25) is 19.2 Å². The van der Waals surface area contributed by atoms with Crippen LogP contribution in [0.3, 0.4) is 0 Å². The molecule has 0 unspecified atom stereocenters. The molecule has 0 aliphatic rings. The fourth-order valence-electron chi connectivity index (χ4n) is 5.27. The number of phenols is 1. The maximum absolute atomic E-state index is 13.8. The minimum atomic E-state index is -1.22. The van der Waals surface area contributed by atoms with Gasteiger partial charge >= 0.3 is 5.97 Å². The van der Waals surface area contributed by atoms with Crippen molar-refractivity contribution >= 4 is 29.6 Å². The van der Waals surface area contributed by atoms with E-state index in [1.54, 1.807) is 12.1 Å². The maximum atomic E-state index is 13.8. The van der Waals surface area contributed by atoms with Gasteiger partial charge < -0.3 is 42.9 Å².